The van der Waals surface area contributed by atoms with E-state index in [1.807, 2.05) is 13.1 Å². The molecule has 0 amide bonds. The van der Waals surface area contributed by atoms with Gasteiger partial charge in [0.2, 0.25) is 0 Å². The molecule has 0 radical (unpaired) electrons. The van der Waals surface area contributed by atoms with Crippen LogP contribution in [0.25, 0.3) is 0 Å². The zero-order valence-electron chi connectivity index (χ0n) is 10.7. The van der Waals surface area contributed by atoms with E-state index in [4.69, 9.17) is 9.47 Å². The molecule has 4 heteroatoms. The summed E-state index contributed by atoms with van der Waals surface area (Å²) in [4.78, 5) is 4.36. The van der Waals surface area contributed by atoms with E-state index in [-0.39, 0.29) is 0 Å². The lowest BCUT2D eigenvalue weighted by atomic mass is 9.91. The third-order valence-electron chi connectivity index (χ3n) is 3.27. The van der Waals surface area contributed by atoms with Crippen LogP contribution in [0.1, 0.15) is 16.8 Å². The number of hydrogen-bond donors (Lipinski definition) is 1. The summed E-state index contributed by atoms with van der Waals surface area (Å²) in [7, 11) is 3.42. The average Bonchev–Trinajstić information content (AvgIpc) is 2.27. The van der Waals surface area contributed by atoms with Gasteiger partial charge in [-0.05, 0) is 32.4 Å². The Morgan fingerprint density at radius 1 is 1.41 bits per heavy atom. The van der Waals surface area contributed by atoms with Crippen LogP contribution in [-0.4, -0.2) is 32.3 Å². The number of pyridine rings is 1. The van der Waals surface area contributed by atoms with Gasteiger partial charge in [0.25, 0.3) is 0 Å². The smallest absolute Gasteiger partial charge is 0.143 e. The van der Waals surface area contributed by atoms with Gasteiger partial charge in [0.15, 0.2) is 0 Å². The fourth-order valence-corrected chi connectivity index (χ4v) is 2.23. The van der Waals surface area contributed by atoms with Crippen molar-refractivity contribution in [3.63, 3.8) is 0 Å². The van der Waals surface area contributed by atoms with Gasteiger partial charge < -0.3 is 14.8 Å². The number of nitrogens with zero attached hydrogens (tertiary/aromatic N) is 1. The van der Waals surface area contributed by atoms with Crippen LogP contribution < -0.4 is 10.1 Å². The fourth-order valence-electron chi connectivity index (χ4n) is 2.23. The maximum atomic E-state index is 5.49. The standard InChI is InChI=1S/C13H20N2O2/c1-9-13(17-3)12(4-10-5-14-6-10)11(7-15-9)8-16-2/h7,10,14H,4-6,8H2,1-3H3. The molecule has 1 N–H and O–H groups in total. The molecule has 0 unspecified atom stereocenters. The minimum atomic E-state index is 0.596. The van der Waals surface area contributed by atoms with Crippen LogP contribution in [0.15, 0.2) is 6.20 Å². The van der Waals surface area contributed by atoms with E-state index in [1.165, 1.54) is 5.56 Å². The molecule has 2 heterocycles. The highest BCUT2D eigenvalue weighted by Crippen LogP contribution is 2.28. The van der Waals surface area contributed by atoms with E-state index < -0.39 is 0 Å². The van der Waals surface area contributed by atoms with Crippen molar-refractivity contribution in [3.05, 3.63) is 23.0 Å². The molecule has 4 nitrogen and oxygen atoms in total. The van der Waals surface area contributed by atoms with Gasteiger partial charge in [-0.2, -0.15) is 0 Å². The Morgan fingerprint density at radius 2 is 2.18 bits per heavy atom. The molecule has 1 aromatic rings. The van der Waals surface area contributed by atoms with Crippen molar-refractivity contribution in [3.8, 4) is 5.75 Å². The number of aromatic nitrogens is 1. The second-order valence-electron chi connectivity index (χ2n) is 4.54. The van der Waals surface area contributed by atoms with Crippen molar-refractivity contribution in [1.82, 2.24) is 10.3 Å². The molecule has 0 saturated carbocycles. The maximum Gasteiger partial charge on any atom is 0.143 e. The molecule has 0 bridgehead atoms. The number of hydrogen-bond acceptors (Lipinski definition) is 4. The molecular formula is C13H20N2O2. The fraction of sp³-hybridized carbons (Fsp3) is 0.615. The third-order valence-corrected chi connectivity index (χ3v) is 3.27. The zero-order chi connectivity index (χ0) is 12.3. The Balaban J connectivity index is 2.30. The predicted octanol–water partition coefficient (Wildman–Crippen LogP) is 1.31. The first-order chi connectivity index (χ1) is 8.26. The Kier molecular flexibility index (Phi) is 3.97. The molecule has 1 aliphatic rings. The summed E-state index contributed by atoms with van der Waals surface area (Å²) in [5, 5.41) is 3.30. The zero-order valence-corrected chi connectivity index (χ0v) is 10.7. The van der Waals surface area contributed by atoms with Crippen LogP contribution in [0.2, 0.25) is 0 Å². The lowest BCUT2D eigenvalue weighted by Crippen LogP contribution is -2.43. The van der Waals surface area contributed by atoms with Crippen LogP contribution in [-0.2, 0) is 17.8 Å². The highest BCUT2D eigenvalue weighted by atomic mass is 16.5. The lowest BCUT2D eigenvalue weighted by Gasteiger charge is -2.28. The number of methoxy groups -OCH3 is 2. The van der Waals surface area contributed by atoms with Gasteiger partial charge in [0, 0.05) is 24.4 Å². The van der Waals surface area contributed by atoms with Crippen molar-refractivity contribution in [2.45, 2.75) is 20.0 Å². The van der Waals surface area contributed by atoms with Crippen LogP contribution in [0.4, 0.5) is 0 Å². The molecule has 1 aromatic heterocycles. The van der Waals surface area contributed by atoms with Crippen LogP contribution >= 0.6 is 0 Å². The summed E-state index contributed by atoms with van der Waals surface area (Å²) in [6.07, 6.45) is 2.95. The molecule has 17 heavy (non-hydrogen) atoms. The third kappa shape index (κ3) is 2.58. The van der Waals surface area contributed by atoms with Crippen molar-refractivity contribution < 1.29 is 9.47 Å². The molecule has 0 aliphatic carbocycles. The SMILES string of the molecule is COCc1cnc(C)c(OC)c1CC1CNC1. The molecular weight excluding hydrogens is 216 g/mol. The van der Waals surface area contributed by atoms with Gasteiger partial charge in [0.1, 0.15) is 5.75 Å². The normalized spacial score (nSPS) is 15.7. The van der Waals surface area contributed by atoms with Crippen LogP contribution in [0, 0.1) is 12.8 Å². The second kappa shape index (κ2) is 5.47. The molecule has 0 atom stereocenters. The summed E-state index contributed by atoms with van der Waals surface area (Å²) < 4.78 is 10.7. The Labute approximate surface area is 102 Å². The number of aryl methyl sites for hydroxylation is 1. The van der Waals surface area contributed by atoms with Crippen molar-refractivity contribution in [1.29, 1.82) is 0 Å². The van der Waals surface area contributed by atoms with Gasteiger partial charge >= 0.3 is 0 Å². The average molecular weight is 236 g/mol. The van der Waals surface area contributed by atoms with E-state index in [0.29, 0.717) is 12.5 Å². The molecule has 1 saturated heterocycles. The maximum absolute atomic E-state index is 5.49. The molecule has 2 rings (SSSR count). The van der Waals surface area contributed by atoms with Crippen molar-refractivity contribution in [2.75, 3.05) is 27.3 Å². The highest BCUT2D eigenvalue weighted by molar-refractivity contribution is 5.42. The molecule has 1 fully saturated rings. The minimum Gasteiger partial charge on any atom is -0.495 e. The van der Waals surface area contributed by atoms with E-state index in [2.05, 4.69) is 10.3 Å². The van der Waals surface area contributed by atoms with Gasteiger partial charge in [-0.15, -0.1) is 0 Å². The van der Waals surface area contributed by atoms with Gasteiger partial charge in [-0.1, -0.05) is 0 Å². The Bertz CT molecular complexity index is 389. The lowest BCUT2D eigenvalue weighted by molar-refractivity contribution is 0.182. The predicted molar refractivity (Wildman–Crippen MR) is 66.3 cm³/mol. The largest absolute Gasteiger partial charge is 0.495 e. The van der Waals surface area contributed by atoms with E-state index in [0.717, 1.165) is 36.5 Å². The first kappa shape index (κ1) is 12.3. The molecule has 94 valence electrons. The Hall–Kier alpha value is -1.13. The summed E-state index contributed by atoms with van der Waals surface area (Å²) in [5.41, 5.74) is 3.35. The van der Waals surface area contributed by atoms with E-state index in [1.54, 1.807) is 14.2 Å². The Morgan fingerprint density at radius 3 is 2.71 bits per heavy atom. The van der Waals surface area contributed by atoms with Gasteiger partial charge in [0.05, 0.1) is 19.4 Å². The van der Waals surface area contributed by atoms with Crippen molar-refractivity contribution in [2.24, 2.45) is 5.92 Å². The molecule has 1 aliphatic heterocycles. The molecule has 0 aromatic carbocycles. The van der Waals surface area contributed by atoms with E-state index >= 15 is 0 Å². The highest BCUT2D eigenvalue weighted by Gasteiger charge is 2.22. The molecule has 0 spiro atoms. The monoisotopic (exact) mass is 236 g/mol. The summed E-state index contributed by atoms with van der Waals surface area (Å²) in [6, 6.07) is 0. The first-order valence-corrected chi connectivity index (χ1v) is 5.97. The van der Waals surface area contributed by atoms with Gasteiger partial charge in [-0.25, -0.2) is 0 Å². The summed E-state index contributed by atoms with van der Waals surface area (Å²) in [5.74, 6) is 1.63. The van der Waals surface area contributed by atoms with Gasteiger partial charge in [-0.3, -0.25) is 4.98 Å². The quantitative estimate of drug-likeness (QED) is 0.837. The topological polar surface area (TPSA) is 43.4 Å². The number of nitrogens with one attached hydrogen (secondary N) is 1. The van der Waals surface area contributed by atoms with E-state index in [9.17, 15) is 0 Å². The van der Waals surface area contributed by atoms with Crippen molar-refractivity contribution >= 4 is 0 Å². The summed E-state index contributed by atoms with van der Waals surface area (Å²) in [6.45, 7) is 4.77. The van der Waals surface area contributed by atoms with Crippen LogP contribution in [0.3, 0.4) is 0 Å². The second-order valence-corrected chi connectivity index (χ2v) is 4.54. The first-order valence-electron chi connectivity index (χ1n) is 5.97. The number of ether oxygens (including phenoxy) is 2. The van der Waals surface area contributed by atoms with Crippen LogP contribution in [0.5, 0.6) is 5.75 Å². The minimum absolute atomic E-state index is 0.596. The number of rotatable bonds is 5. The summed E-state index contributed by atoms with van der Waals surface area (Å²) >= 11 is 0.